The Morgan fingerprint density at radius 3 is 2.83 bits per heavy atom. The molecule has 0 fully saturated rings. The second-order valence-corrected chi connectivity index (χ2v) is 3.87. The van der Waals surface area contributed by atoms with E-state index in [4.69, 9.17) is 0 Å². The van der Waals surface area contributed by atoms with Gasteiger partial charge in [-0.1, -0.05) is 6.92 Å². The van der Waals surface area contributed by atoms with E-state index in [0.717, 1.165) is 11.3 Å². The summed E-state index contributed by atoms with van der Waals surface area (Å²) in [5.41, 5.74) is 2.08. The molecule has 0 bridgehead atoms. The minimum atomic E-state index is -0.254. The molecule has 0 saturated heterocycles. The number of aryl methyl sites for hydroxylation is 1. The van der Waals surface area contributed by atoms with Crippen molar-refractivity contribution in [2.75, 3.05) is 0 Å². The van der Waals surface area contributed by atoms with Crippen LogP contribution in [0.5, 0.6) is 0 Å². The molecule has 3 rings (SSSR count). The van der Waals surface area contributed by atoms with Crippen LogP contribution in [0.4, 0.5) is 0 Å². The van der Waals surface area contributed by atoms with Gasteiger partial charge in [-0.05, 0) is 12.1 Å². The van der Waals surface area contributed by atoms with E-state index >= 15 is 0 Å². The van der Waals surface area contributed by atoms with E-state index in [1.165, 1.54) is 4.40 Å². The summed E-state index contributed by atoms with van der Waals surface area (Å²) in [6.07, 6.45) is 4.09. The Morgan fingerprint density at radius 1 is 1.33 bits per heavy atom. The topological polar surface area (TPSA) is 75.9 Å². The molecule has 0 aliphatic carbocycles. The number of H-pyrrole nitrogens is 1. The average Bonchev–Trinajstić information content (AvgIpc) is 2.81. The maximum atomic E-state index is 11.6. The summed E-state index contributed by atoms with van der Waals surface area (Å²) >= 11 is 0. The standard InChI is InChI=1S/C12H11N5O/c1-2-10-14-9(8-3-5-13-6-4-8)7-11-15-16-12(18)17(10)11/h3-7H,2H2,1H3,(H,16,18). The number of hydrogen-bond donors (Lipinski definition) is 1. The minimum absolute atomic E-state index is 0.254. The van der Waals surface area contributed by atoms with Gasteiger partial charge in [0, 0.05) is 30.4 Å². The van der Waals surface area contributed by atoms with Gasteiger partial charge in [0.1, 0.15) is 5.82 Å². The Hall–Kier alpha value is -2.50. The number of fused-ring (bicyclic) bond motifs is 1. The molecule has 0 unspecified atom stereocenters. The third-order valence-corrected chi connectivity index (χ3v) is 2.76. The Kier molecular flexibility index (Phi) is 2.40. The van der Waals surface area contributed by atoms with E-state index < -0.39 is 0 Å². The highest BCUT2D eigenvalue weighted by Gasteiger charge is 2.09. The second-order valence-electron chi connectivity index (χ2n) is 3.87. The van der Waals surface area contributed by atoms with Crippen LogP contribution in [0.2, 0.25) is 0 Å². The molecule has 6 nitrogen and oxygen atoms in total. The number of hydrogen-bond acceptors (Lipinski definition) is 4. The zero-order chi connectivity index (χ0) is 12.5. The van der Waals surface area contributed by atoms with Crippen LogP contribution >= 0.6 is 0 Å². The fraction of sp³-hybridized carbons (Fsp3) is 0.167. The number of rotatable bonds is 2. The zero-order valence-electron chi connectivity index (χ0n) is 9.79. The number of nitrogens with one attached hydrogen (secondary N) is 1. The van der Waals surface area contributed by atoms with Crippen molar-refractivity contribution in [2.24, 2.45) is 0 Å². The van der Waals surface area contributed by atoms with Gasteiger partial charge < -0.3 is 0 Å². The molecular formula is C12H11N5O. The Bertz CT molecular complexity index is 744. The molecule has 0 atom stereocenters. The van der Waals surface area contributed by atoms with Crippen LogP contribution in [0, 0.1) is 0 Å². The van der Waals surface area contributed by atoms with Gasteiger partial charge in [0.25, 0.3) is 0 Å². The Balaban J connectivity index is 2.30. The fourth-order valence-corrected chi connectivity index (χ4v) is 1.91. The summed E-state index contributed by atoms with van der Waals surface area (Å²) in [6.45, 7) is 1.96. The highest BCUT2D eigenvalue weighted by atomic mass is 16.1. The summed E-state index contributed by atoms with van der Waals surface area (Å²) in [5, 5.41) is 6.42. The molecule has 3 heterocycles. The van der Waals surface area contributed by atoms with Crippen molar-refractivity contribution >= 4 is 5.65 Å². The first-order chi connectivity index (χ1) is 8.79. The van der Waals surface area contributed by atoms with Crippen molar-refractivity contribution in [3.8, 4) is 11.3 Å². The van der Waals surface area contributed by atoms with Crippen molar-refractivity contribution in [1.29, 1.82) is 0 Å². The van der Waals surface area contributed by atoms with E-state index in [2.05, 4.69) is 20.2 Å². The third-order valence-electron chi connectivity index (χ3n) is 2.76. The van der Waals surface area contributed by atoms with E-state index in [1.807, 2.05) is 19.1 Å². The van der Waals surface area contributed by atoms with E-state index in [9.17, 15) is 4.79 Å². The molecule has 0 aliphatic heterocycles. The monoisotopic (exact) mass is 241 g/mol. The molecule has 18 heavy (non-hydrogen) atoms. The average molecular weight is 241 g/mol. The van der Waals surface area contributed by atoms with Crippen LogP contribution in [-0.2, 0) is 6.42 Å². The highest BCUT2D eigenvalue weighted by molar-refractivity contribution is 5.62. The summed E-state index contributed by atoms with van der Waals surface area (Å²) in [4.78, 5) is 20.1. The van der Waals surface area contributed by atoms with Gasteiger partial charge >= 0.3 is 5.69 Å². The molecule has 3 aromatic heterocycles. The van der Waals surface area contributed by atoms with Gasteiger partial charge in [0.15, 0.2) is 5.65 Å². The first kappa shape index (κ1) is 10.6. The summed E-state index contributed by atoms with van der Waals surface area (Å²) < 4.78 is 1.49. The van der Waals surface area contributed by atoms with Crippen molar-refractivity contribution in [2.45, 2.75) is 13.3 Å². The summed E-state index contributed by atoms with van der Waals surface area (Å²) in [5.74, 6) is 0.693. The van der Waals surface area contributed by atoms with Gasteiger partial charge in [-0.15, -0.1) is 0 Å². The lowest BCUT2D eigenvalue weighted by Crippen LogP contribution is -2.15. The number of nitrogens with zero attached hydrogens (tertiary/aromatic N) is 4. The maximum Gasteiger partial charge on any atom is 0.349 e. The van der Waals surface area contributed by atoms with E-state index in [1.54, 1.807) is 18.5 Å². The predicted molar refractivity (Wildman–Crippen MR) is 66.2 cm³/mol. The lowest BCUT2D eigenvalue weighted by atomic mass is 10.2. The molecule has 90 valence electrons. The largest absolute Gasteiger partial charge is 0.349 e. The lowest BCUT2D eigenvalue weighted by Gasteiger charge is -2.04. The minimum Gasteiger partial charge on any atom is -0.265 e. The zero-order valence-corrected chi connectivity index (χ0v) is 9.79. The first-order valence-corrected chi connectivity index (χ1v) is 5.67. The first-order valence-electron chi connectivity index (χ1n) is 5.67. The molecule has 0 spiro atoms. The van der Waals surface area contributed by atoms with Gasteiger partial charge in [-0.2, -0.15) is 5.10 Å². The molecule has 0 amide bonds. The van der Waals surface area contributed by atoms with E-state index in [-0.39, 0.29) is 5.69 Å². The molecule has 1 N–H and O–H groups in total. The van der Waals surface area contributed by atoms with Crippen LogP contribution in [0.15, 0.2) is 35.4 Å². The molecule has 0 saturated carbocycles. The number of aromatic amines is 1. The smallest absolute Gasteiger partial charge is 0.265 e. The summed E-state index contributed by atoms with van der Waals surface area (Å²) in [7, 11) is 0. The van der Waals surface area contributed by atoms with Crippen molar-refractivity contribution in [3.05, 3.63) is 46.9 Å². The van der Waals surface area contributed by atoms with Crippen LogP contribution in [0.1, 0.15) is 12.7 Å². The Labute approximate surface area is 102 Å². The normalized spacial score (nSPS) is 10.9. The van der Waals surface area contributed by atoms with E-state index in [0.29, 0.717) is 17.9 Å². The second kappa shape index (κ2) is 4.06. The molecule has 0 radical (unpaired) electrons. The van der Waals surface area contributed by atoms with Gasteiger partial charge in [-0.25, -0.2) is 19.3 Å². The van der Waals surface area contributed by atoms with Gasteiger partial charge in [-0.3, -0.25) is 4.98 Å². The third kappa shape index (κ3) is 1.58. The number of aromatic nitrogens is 5. The van der Waals surface area contributed by atoms with Gasteiger partial charge in [0.05, 0.1) is 5.69 Å². The Morgan fingerprint density at radius 2 is 2.11 bits per heavy atom. The van der Waals surface area contributed by atoms with Crippen LogP contribution in [0.3, 0.4) is 0 Å². The van der Waals surface area contributed by atoms with Crippen molar-refractivity contribution < 1.29 is 0 Å². The molecular weight excluding hydrogens is 230 g/mol. The molecule has 0 aromatic carbocycles. The molecule has 6 heteroatoms. The fourth-order valence-electron chi connectivity index (χ4n) is 1.91. The van der Waals surface area contributed by atoms with Crippen molar-refractivity contribution in [3.63, 3.8) is 0 Å². The van der Waals surface area contributed by atoms with Crippen molar-refractivity contribution in [1.82, 2.24) is 24.6 Å². The quantitative estimate of drug-likeness (QED) is 0.727. The highest BCUT2D eigenvalue weighted by Crippen LogP contribution is 2.17. The van der Waals surface area contributed by atoms with Gasteiger partial charge in [0.2, 0.25) is 0 Å². The molecule has 0 aliphatic rings. The maximum absolute atomic E-state index is 11.6. The molecule has 3 aromatic rings. The number of pyridine rings is 1. The predicted octanol–water partition coefficient (Wildman–Crippen LogP) is 1.04. The SMILES string of the molecule is CCc1nc(-c2ccncc2)cc2n[nH]c(=O)n12. The lowest BCUT2D eigenvalue weighted by molar-refractivity contribution is 0.869. The van der Waals surface area contributed by atoms with Crippen LogP contribution in [0.25, 0.3) is 16.9 Å². The van der Waals surface area contributed by atoms with Crippen LogP contribution < -0.4 is 5.69 Å². The summed E-state index contributed by atoms with van der Waals surface area (Å²) in [6, 6.07) is 5.54. The van der Waals surface area contributed by atoms with Crippen LogP contribution in [-0.4, -0.2) is 24.6 Å².